The maximum atomic E-state index is 12.6. The van der Waals surface area contributed by atoms with Gasteiger partial charge in [-0.2, -0.15) is 0 Å². The van der Waals surface area contributed by atoms with Crippen molar-refractivity contribution in [3.8, 4) is 0 Å². The van der Waals surface area contributed by atoms with Crippen LogP contribution in [0.5, 0.6) is 0 Å². The van der Waals surface area contributed by atoms with Crippen LogP contribution < -0.4 is 5.73 Å². The lowest BCUT2D eigenvalue weighted by Crippen LogP contribution is -2.28. The molecule has 3 N–H and O–H groups in total. The Bertz CT molecular complexity index is 1160. The van der Waals surface area contributed by atoms with Crippen molar-refractivity contribution in [2.45, 2.75) is 187 Å². The molecule has 0 aliphatic rings. The Morgan fingerprint density at radius 3 is 1.45 bits per heavy atom. The molecular weight excluding hydrogens is 746 g/mol. The van der Waals surface area contributed by atoms with Crippen molar-refractivity contribution in [3.63, 3.8) is 0 Å². The zero-order valence-corrected chi connectivity index (χ0v) is 37.9. The molecule has 9 heteroatoms. The molecule has 0 aliphatic carbocycles. The Morgan fingerprint density at radius 2 is 0.966 bits per heavy atom. The molecule has 58 heavy (non-hydrogen) atoms. The number of phosphoric acid groups is 1. The third-order valence-corrected chi connectivity index (χ3v) is 10.3. The maximum Gasteiger partial charge on any atom is 0.472 e. The van der Waals surface area contributed by atoms with Gasteiger partial charge in [0.2, 0.25) is 0 Å². The van der Waals surface area contributed by atoms with E-state index >= 15 is 0 Å². The molecule has 0 fully saturated rings. The Hall–Kier alpha value is -2.32. The van der Waals surface area contributed by atoms with Crippen LogP contribution in [0.3, 0.4) is 0 Å². The molecule has 334 valence electrons. The van der Waals surface area contributed by atoms with Crippen molar-refractivity contribution >= 4 is 13.8 Å². The predicted molar refractivity (Wildman–Crippen MR) is 247 cm³/mol. The van der Waals surface area contributed by atoms with Gasteiger partial charge >= 0.3 is 13.8 Å². The van der Waals surface area contributed by atoms with E-state index in [-0.39, 0.29) is 32.3 Å². The van der Waals surface area contributed by atoms with Crippen molar-refractivity contribution in [2.75, 3.05) is 33.0 Å². The quantitative estimate of drug-likeness (QED) is 0.0270. The highest BCUT2D eigenvalue weighted by Gasteiger charge is 2.25. The van der Waals surface area contributed by atoms with Gasteiger partial charge < -0.3 is 20.1 Å². The van der Waals surface area contributed by atoms with E-state index < -0.39 is 13.9 Å². The summed E-state index contributed by atoms with van der Waals surface area (Å²) >= 11 is 0. The molecule has 0 spiro atoms. The lowest BCUT2D eigenvalue weighted by atomic mass is 10.1. The summed E-state index contributed by atoms with van der Waals surface area (Å²) in [5, 5.41) is 0. The number of hydrogen-bond donors (Lipinski definition) is 2. The van der Waals surface area contributed by atoms with E-state index in [2.05, 4.69) is 98.9 Å². The van der Waals surface area contributed by atoms with Crippen LogP contribution >= 0.6 is 7.82 Å². The van der Waals surface area contributed by atoms with Crippen molar-refractivity contribution in [3.05, 3.63) is 85.1 Å². The molecule has 0 saturated carbocycles. The van der Waals surface area contributed by atoms with E-state index in [0.717, 1.165) is 96.3 Å². The number of ether oxygens (including phenoxy) is 2. The van der Waals surface area contributed by atoms with Gasteiger partial charge in [0.1, 0.15) is 6.10 Å². The van der Waals surface area contributed by atoms with Crippen molar-refractivity contribution in [1.82, 2.24) is 0 Å². The monoisotopic (exact) mass is 832 g/mol. The summed E-state index contributed by atoms with van der Waals surface area (Å²) in [5.41, 5.74) is 5.38. The topological polar surface area (TPSA) is 117 Å². The third kappa shape index (κ3) is 44.8. The molecule has 2 atom stereocenters. The highest BCUT2D eigenvalue weighted by Crippen LogP contribution is 2.43. The smallest absolute Gasteiger partial charge is 0.457 e. The summed E-state index contributed by atoms with van der Waals surface area (Å²) in [6.45, 7) is 4.72. The fourth-order valence-electron chi connectivity index (χ4n) is 5.93. The van der Waals surface area contributed by atoms with E-state index in [4.69, 9.17) is 24.3 Å². The molecule has 0 rings (SSSR count). The number of carbonyl (C=O) groups is 1. The Kier molecular flexibility index (Phi) is 43.9. The largest absolute Gasteiger partial charge is 0.472 e. The molecule has 0 saturated heterocycles. The molecule has 0 heterocycles. The van der Waals surface area contributed by atoms with Gasteiger partial charge in [-0.15, -0.1) is 0 Å². The molecule has 0 aromatic rings. The van der Waals surface area contributed by atoms with Crippen molar-refractivity contribution in [1.29, 1.82) is 0 Å². The third-order valence-electron chi connectivity index (χ3n) is 9.30. The number of nitrogens with two attached hydrogens (primary N) is 1. The first-order valence-corrected chi connectivity index (χ1v) is 24.6. The summed E-state index contributed by atoms with van der Waals surface area (Å²) in [4.78, 5) is 22.5. The Balaban J connectivity index is 4.07. The van der Waals surface area contributed by atoms with Crippen LogP contribution in [0, 0.1) is 0 Å². The minimum absolute atomic E-state index is 0.0914. The van der Waals surface area contributed by atoms with Crippen LogP contribution in [0.15, 0.2) is 85.1 Å². The second-order valence-corrected chi connectivity index (χ2v) is 16.3. The van der Waals surface area contributed by atoms with Gasteiger partial charge in [-0.3, -0.25) is 13.8 Å². The summed E-state index contributed by atoms with van der Waals surface area (Å²) in [6.07, 6.45) is 58.8. The summed E-state index contributed by atoms with van der Waals surface area (Å²) in [6, 6.07) is 0. The van der Waals surface area contributed by atoms with Gasteiger partial charge in [-0.25, -0.2) is 4.57 Å². The average molecular weight is 832 g/mol. The predicted octanol–water partition coefficient (Wildman–Crippen LogP) is 14.1. The maximum absolute atomic E-state index is 12.6. The molecule has 0 aromatic carbocycles. The van der Waals surface area contributed by atoms with Gasteiger partial charge in [-0.05, 0) is 89.9 Å². The molecule has 8 nitrogen and oxygen atoms in total. The molecule has 0 aliphatic heterocycles. The second kappa shape index (κ2) is 45.8. The van der Waals surface area contributed by atoms with Crippen molar-refractivity contribution < 1.29 is 32.8 Å². The molecule has 2 unspecified atom stereocenters. The van der Waals surface area contributed by atoms with Crippen LogP contribution in [0.1, 0.15) is 181 Å². The minimum atomic E-state index is -4.29. The molecule has 0 amide bonds. The minimum Gasteiger partial charge on any atom is -0.457 e. The highest BCUT2D eigenvalue weighted by molar-refractivity contribution is 7.47. The van der Waals surface area contributed by atoms with Crippen LogP contribution in [0.2, 0.25) is 0 Å². The number of rotatable bonds is 43. The standard InChI is InChI=1S/C49H86NO7P/c1-3-5-7-9-11-13-15-17-19-21-23-25-27-29-31-33-35-37-39-41-44-54-46-48(47-56-58(52,53)55-45-43-50)57-49(51)42-40-38-36-34-32-30-28-26-24-22-20-18-16-14-12-10-8-6-4-2/h5,7,11-14,17-20,23-26,48H,3-4,6,8-10,15-16,21-22,27-47,50H2,1-2H3,(H,52,53)/b7-5-,13-11-,14-12-,19-17-,20-18-,25-23-,26-24-. The van der Waals surface area contributed by atoms with Crippen LogP contribution in [-0.2, 0) is 27.9 Å². The van der Waals surface area contributed by atoms with Crippen LogP contribution in [-0.4, -0.2) is 49.9 Å². The second-order valence-electron chi connectivity index (χ2n) is 14.9. The summed E-state index contributed by atoms with van der Waals surface area (Å²) in [7, 11) is -4.29. The zero-order valence-electron chi connectivity index (χ0n) is 37.0. The van der Waals surface area contributed by atoms with Gasteiger partial charge in [-0.1, -0.05) is 170 Å². The lowest BCUT2D eigenvalue weighted by Gasteiger charge is -2.20. The number of carbonyl (C=O) groups excluding carboxylic acids is 1. The molecular formula is C49H86NO7P. The van der Waals surface area contributed by atoms with Crippen LogP contribution in [0.4, 0.5) is 0 Å². The number of hydrogen-bond acceptors (Lipinski definition) is 7. The first-order valence-electron chi connectivity index (χ1n) is 23.1. The Labute approximate surface area is 356 Å². The molecule has 0 bridgehead atoms. The molecule has 0 aromatic heterocycles. The number of esters is 1. The SMILES string of the molecule is CC/C=C\C/C=C\C/C=C\C/C=C\CCCCCCCCCOCC(COP(=O)(O)OCCN)OC(=O)CCCCCCCC/C=C\C/C=C\C/C=C\CCCCC. The highest BCUT2D eigenvalue weighted by atomic mass is 31.2. The van der Waals surface area contributed by atoms with E-state index in [0.29, 0.717) is 13.0 Å². The number of phosphoric ester groups is 1. The summed E-state index contributed by atoms with van der Waals surface area (Å²) in [5.74, 6) is -0.350. The van der Waals surface area contributed by atoms with E-state index in [1.54, 1.807) is 0 Å². The van der Waals surface area contributed by atoms with Crippen molar-refractivity contribution in [2.24, 2.45) is 5.73 Å². The number of allylic oxidation sites excluding steroid dienone is 14. The van der Waals surface area contributed by atoms with Gasteiger partial charge in [0, 0.05) is 19.6 Å². The average Bonchev–Trinajstić information content (AvgIpc) is 3.21. The number of unbranched alkanes of at least 4 members (excludes halogenated alkanes) is 16. The fourth-order valence-corrected chi connectivity index (χ4v) is 6.70. The zero-order chi connectivity index (χ0) is 42.3. The van der Waals surface area contributed by atoms with Gasteiger partial charge in [0.25, 0.3) is 0 Å². The van der Waals surface area contributed by atoms with E-state index in [1.165, 1.54) is 64.2 Å². The lowest BCUT2D eigenvalue weighted by molar-refractivity contribution is -0.154. The van der Waals surface area contributed by atoms with Gasteiger partial charge in [0.05, 0.1) is 19.8 Å². The summed E-state index contributed by atoms with van der Waals surface area (Å²) < 4.78 is 33.5. The first-order chi connectivity index (χ1) is 28.4. The van der Waals surface area contributed by atoms with Gasteiger partial charge in [0.15, 0.2) is 0 Å². The first kappa shape index (κ1) is 55.7. The molecule has 0 radical (unpaired) electrons. The van der Waals surface area contributed by atoms with E-state index in [9.17, 15) is 14.3 Å². The normalized spacial score (nSPS) is 14.2. The van der Waals surface area contributed by atoms with Crippen LogP contribution in [0.25, 0.3) is 0 Å². The fraction of sp³-hybridized carbons (Fsp3) is 0.694. The van der Waals surface area contributed by atoms with E-state index in [1.807, 2.05) is 0 Å². The Morgan fingerprint density at radius 1 is 0.534 bits per heavy atom.